The lowest BCUT2D eigenvalue weighted by atomic mass is 9.69. The van der Waals surface area contributed by atoms with Crippen molar-refractivity contribution in [3.63, 3.8) is 0 Å². The molecule has 5 nitrogen and oxygen atoms in total. The van der Waals surface area contributed by atoms with Gasteiger partial charge in [0.25, 0.3) is 0 Å². The van der Waals surface area contributed by atoms with Gasteiger partial charge in [-0.25, -0.2) is 0 Å². The highest BCUT2D eigenvalue weighted by Crippen LogP contribution is 2.47. The second-order valence-electron chi connectivity index (χ2n) is 7.81. The van der Waals surface area contributed by atoms with Crippen molar-refractivity contribution in [2.24, 2.45) is 11.8 Å². The first-order chi connectivity index (χ1) is 13.4. The normalized spacial score (nSPS) is 28.8. The molecule has 2 heterocycles. The molecule has 2 aliphatic heterocycles. The highest BCUT2D eigenvalue weighted by atomic mass is 16.6. The number of carbonyl (C=O) groups excluding carboxylic acids is 3. The molecule has 0 amide bonds. The van der Waals surface area contributed by atoms with Crippen LogP contribution in [0.1, 0.15) is 59.3 Å². The van der Waals surface area contributed by atoms with Crippen LogP contribution >= 0.6 is 0 Å². The fourth-order valence-corrected chi connectivity index (χ4v) is 4.14. The summed E-state index contributed by atoms with van der Waals surface area (Å²) in [6.07, 6.45) is 14.1. The van der Waals surface area contributed by atoms with Gasteiger partial charge in [0.1, 0.15) is 23.7 Å². The van der Waals surface area contributed by atoms with E-state index in [4.69, 9.17) is 9.47 Å². The van der Waals surface area contributed by atoms with Crippen molar-refractivity contribution in [2.75, 3.05) is 0 Å². The van der Waals surface area contributed by atoms with Crippen molar-refractivity contribution in [2.45, 2.75) is 64.9 Å². The standard InChI is InChI=1S/C23H28O5/c1-4-6-7-8-9-11-19(24)20-18-13-15-12-16(10-5-2)27-14-17(15)21(25)23(18,3)28-22(20)26/h5,10,12-14,18,20H,4,6-9,11H2,1-3H3/b10-5-/t18-,20+,23-/m1/s1. The molecule has 3 atom stereocenters. The smallest absolute Gasteiger partial charge is 0.318 e. The van der Waals surface area contributed by atoms with Crippen LogP contribution in [-0.4, -0.2) is 23.1 Å². The van der Waals surface area contributed by atoms with Crippen molar-refractivity contribution < 1.29 is 23.9 Å². The van der Waals surface area contributed by atoms with Gasteiger partial charge < -0.3 is 9.47 Å². The van der Waals surface area contributed by atoms with Crippen molar-refractivity contribution in [1.82, 2.24) is 0 Å². The van der Waals surface area contributed by atoms with Crippen molar-refractivity contribution in [3.05, 3.63) is 47.5 Å². The number of unbranched alkanes of at least 4 members (excludes halogenated alkanes) is 4. The topological polar surface area (TPSA) is 69.7 Å². The summed E-state index contributed by atoms with van der Waals surface area (Å²) in [5, 5.41) is 0. The van der Waals surface area contributed by atoms with E-state index in [1.165, 1.54) is 6.26 Å². The maximum absolute atomic E-state index is 13.0. The van der Waals surface area contributed by atoms with Gasteiger partial charge in [0, 0.05) is 12.3 Å². The Hall–Kier alpha value is -2.43. The lowest BCUT2D eigenvalue weighted by Gasteiger charge is -2.34. The van der Waals surface area contributed by atoms with Gasteiger partial charge in [0.05, 0.1) is 5.57 Å². The molecule has 150 valence electrons. The van der Waals surface area contributed by atoms with Gasteiger partial charge in [-0.2, -0.15) is 0 Å². The first-order valence-electron chi connectivity index (χ1n) is 10.2. The van der Waals surface area contributed by atoms with Gasteiger partial charge in [-0.3, -0.25) is 14.4 Å². The average molecular weight is 384 g/mol. The minimum Gasteiger partial charge on any atom is -0.464 e. The van der Waals surface area contributed by atoms with Gasteiger partial charge in [-0.05, 0) is 38.0 Å². The van der Waals surface area contributed by atoms with Gasteiger partial charge >= 0.3 is 5.97 Å². The fourth-order valence-electron chi connectivity index (χ4n) is 4.14. The quantitative estimate of drug-likeness (QED) is 0.354. The molecular weight excluding hydrogens is 356 g/mol. The molecule has 3 rings (SSSR count). The Morgan fingerprint density at radius 2 is 1.96 bits per heavy atom. The molecule has 28 heavy (non-hydrogen) atoms. The molecule has 5 heteroatoms. The Bertz CT molecular complexity index is 798. The monoisotopic (exact) mass is 384 g/mol. The number of esters is 1. The summed E-state index contributed by atoms with van der Waals surface area (Å²) in [7, 11) is 0. The zero-order chi connectivity index (χ0) is 20.3. The summed E-state index contributed by atoms with van der Waals surface area (Å²) >= 11 is 0. The number of carbonyl (C=O) groups is 3. The predicted octanol–water partition coefficient (Wildman–Crippen LogP) is 4.35. The molecule has 0 aromatic carbocycles. The van der Waals surface area contributed by atoms with Crippen LogP contribution in [0.15, 0.2) is 47.5 Å². The van der Waals surface area contributed by atoms with Gasteiger partial charge in [-0.15, -0.1) is 0 Å². The van der Waals surface area contributed by atoms with Crippen LogP contribution in [0.4, 0.5) is 0 Å². The zero-order valence-corrected chi connectivity index (χ0v) is 16.8. The number of allylic oxidation sites excluding steroid dienone is 4. The molecular formula is C23H28O5. The fraction of sp³-hybridized carbons (Fsp3) is 0.522. The highest BCUT2D eigenvalue weighted by Gasteiger charge is 2.61. The molecule has 0 radical (unpaired) electrons. The maximum atomic E-state index is 13.0. The van der Waals surface area contributed by atoms with Gasteiger partial charge in [0.15, 0.2) is 5.60 Å². The predicted molar refractivity (Wildman–Crippen MR) is 105 cm³/mol. The molecule has 0 unspecified atom stereocenters. The number of hydrogen-bond donors (Lipinski definition) is 0. The molecule has 0 saturated carbocycles. The summed E-state index contributed by atoms with van der Waals surface area (Å²) in [5.74, 6) is -1.90. The molecule has 0 spiro atoms. The number of Topliss-reactive ketones (excluding diaryl/α,β-unsaturated/α-hetero) is 2. The summed E-state index contributed by atoms with van der Waals surface area (Å²) in [4.78, 5) is 38.4. The summed E-state index contributed by atoms with van der Waals surface area (Å²) < 4.78 is 11.0. The Balaban J connectivity index is 1.83. The van der Waals surface area contributed by atoms with Crippen LogP contribution in [0.3, 0.4) is 0 Å². The number of rotatable bonds is 8. The van der Waals surface area contributed by atoms with E-state index in [0.717, 1.165) is 32.1 Å². The number of hydrogen-bond acceptors (Lipinski definition) is 5. The van der Waals surface area contributed by atoms with Crippen LogP contribution in [0, 0.1) is 11.8 Å². The molecule has 0 aromatic heterocycles. The molecule has 1 saturated heterocycles. The molecule has 0 N–H and O–H groups in total. The van der Waals surface area contributed by atoms with Gasteiger partial charge in [0.2, 0.25) is 5.78 Å². The SMILES string of the molecule is C/C=C\C1=CC2=C[C@@H]3[C@@H](C(=O)CCCCCCC)C(=O)O[C@@]3(C)C(=O)C2=CO1. The van der Waals surface area contributed by atoms with Crippen LogP contribution in [-0.2, 0) is 23.9 Å². The minimum atomic E-state index is -1.34. The minimum absolute atomic E-state index is 0.128. The Morgan fingerprint density at radius 1 is 1.21 bits per heavy atom. The van der Waals surface area contributed by atoms with E-state index in [1.807, 2.05) is 19.1 Å². The van der Waals surface area contributed by atoms with Crippen molar-refractivity contribution in [3.8, 4) is 0 Å². The highest BCUT2D eigenvalue weighted by molar-refractivity contribution is 6.13. The summed E-state index contributed by atoms with van der Waals surface area (Å²) in [5.41, 5.74) is -0.275. The average Bonchev–Trinajstić information content (AvgIpc) is 2.92. The van der Waals surface area contributed by atoms with Crippen molar-refractivity contribution >= 4 is 17.5 Å². The Kier molecular flexibility index (Phi) is 6.01. The zero-order valence-electron chi connectivity index (χ0n) is 16.8. The van der Waals surface area contributed by atoms with Crippen LogP contribution in [0.25, 0.3) is 0 Å². The van der Waals surface area contributed by atoms with E-state index < -0.39 is 23.4 Å². The van der Waals surface area contributed by atoms with Crippen LogP contribution < -0.4 is 0 Å². The molecule has 0 bridgehead atoms. The van der Waals surface area contributed by atoms with E-state index in [1.54, 1.807) is 19.1 Å². The summed E-state index contributed by atoms with van der Waals surface area (Å²) in [6, 6.07) is 0. The lowest BCUT2D eigenvalue weighted by molar-refractivity contribution is -0.157. The van der Waals surface area contributed by atoms with E-state index in [2.05, 4.69) is 6.92 Å². The molecule has 3 aliphatic rings. The largest absolute Gasteiger partial charge is 0.464 e. The third-order valence-corrected chi connectivity index (χ3v) is 5.74. The number of fused-ring (bicyclic) bond motifs is 2. The van der Waals surface area contributed by atoms with E-state index >= 15 is 0 Å². The Morgan fingerprint density at radius 3 is 2.68 bits per heavy atom. The summed E-state index contributed by atoms with van der Waals surface area (Å²) in [6.45, 7) is 5.62. The van der Waals surface area contributed by atoms with Crippen LogP contribution in [0.2, 0.25) is 0 Å². The molecule has 1 fully saturated rings. The third kappa shape index (κ3) is 3.62. The maximum Gasteiger partial charge on any atom is 0.318 e. The first-order valence-corrected chi connectivity index (χ1v) is 10.2. The lowest BCUT2D eigenvalue weighted by Crippen LogP contribution is -2.46. The van der Waals surface area contributed by atoms with E-state index in [-0.39, 0.29) is 11.6 Å². The van der Waals surface area contributed by atoms with Crippen LogP contribution in [0.5, 0.6) is 0 Å². The third-order valence-electron chi connectivity index (χ3n) is 5.74. The number of ketones is 2. The molecule has 0 aromatic rings. The molecule has 1 aliphatic carbocycles. The van der Waals surface area contributed by atoms with Gasteiger partial charge in [-0.1, -0.05) is 44.8 Å². The second-order valence-corrected chi connectivity index (χ2v) is 7.81. The Labute approximate surface area is 166 Å². The van der Waals surface area contributed by atoms with Crippen molar-refractivity contribution in [1.29, 1.82) is 0 Å². The first kappa shape index (κ1) is 20.3. The number of ether oxygens (including phenoxy) is 2. The van der Waals surface area contributed by atoms with E-state index in [0.29, 0.717) is 23.3 Å². The van der Waals surface area contributed by atoms with E-state index in [9.17, 15) is 14.4 Å². The second kappa shape index (κ2) is 8.29.